The molecular formula is C30H22ClN7O13S4. The fourth-order valence-electron chi connectivity index (χ4n) is 5.40. The van der Waals surface area contributed by atoms with Crippen molar-refractivity contribution < 1.29 is 57.0 Å². The van der Waals surface area contributed by atoms with Crippen LogP contribution in [0.25, 0.3) is 21.5 Å². The quantitative estimate of drug-likeness (QED) is 0.0638. The molecule has 0 amide bonds. The van der Waals surface area contributed by atoms with E-state index in [-0.39, 0.29) is 22.6 Å². The van der Waals surface area contributed by atoms with E-state index < -0.39 is 99.0 Å². The molecule has 0 saturated carbocycles. The van der Waals surface area contributed by atoms with Crippen LogP contribution in [0.1, 0.15) is 5.56 Å². The molecule has 0 fully saturated rings. The van der Waals surface area contributed by atoms with E-state index >= 15 is 0 Å². The Morgan fingerprint density at radius 2 is 1.31 bits per heavy atom. The number of phenols is 1. The molecule has 7 N–H and O–H groups in total. The summed E-state index contributed by atoms with van der Waals surface area (Å²) in [5.74, 6) is -1.60. The average Bonchev–Trinajstić information content (AvgIpc) is 3.05. The van der Waals surface area contributed by atoms with Crippen LogP contribution < -0.4 is 10.6 Å². The SMILES string of the molecule is Cc1cccc(Nc2nc(Cl)nc(Nc3cc(S(=O)(=O)O)cc4cc(S(=O)(=O)O)c(N=Nc5ccc6c(S(=O)(=O)O)cccc6c5S(=O)(=O)O)c(O)c34)n2)c1. The predicted molar refractivity (Wildman–Crippen MR) is 196 cm³/mol. The summed E-state index contributed by atoms with van der Waals surface area (Å²) in [5, 5.41) is 22.3. The van der Waals surface area contributed by atoms with E-state index in [2.05, 4.69) is 35.8 Å². The van der Waals surface area contributed by atoms with Gasteiger partial charge in [-0.1, -0.05) is 30.3 Å². The van der Waals surface area contributed by atoms with Gasteiger partial charge < -0.3 is 15.7 Å². The molecule has 5 aromatic carbocycles. The van der Waals surface area contributed by atoms with Crippen LogP contribution in [0.4, 0.5) is 34.6 Å². The molecule has 6 rings (SSSR count). The lowest BCUT2D eigenvalue weighted by molar-refractivity contribution is 0.472. The van der Waals surface area contributed by atoms with Gasteiger partial charge in [0.25, 0.3) is 40.5 Å². The molecule has 55 heavy (non-hydrogen) atoms. The summed E-state index contributed by atoms with van der Waals surface area (Å²) in [6, 6.07) is 14.1. The van der Waals surface area contributed by atoms with Gasteiger partial charge in [-0.05, 0) is 71.9 Å². The molecule has 0 spiro atoms. The molecule has 0 aliphatic rings. The second kappa shape index (κ2) is 14.0. The van der Waals surface area contributed by atoms with Crippen LogP contribution >= 0.6 is 11.6 Å². The number of azo groups is 1. The van der Waals surface area contributed by atoms with Crippen molar-refractivity contribution in [2.75, 3.05) is 10.6 Å². The van der Waals surface area contributed by atoms with Crippen LogP contribution in [0.5, 0.6) is 5.75 Å². The summed E-state index contributed by atoms with van der Waals surface area (Å²) in [6.07, 6.45) is 0. The normalized spacial score (nSPS) is 12.8. The van der Waals surface area contributed by atoms with E-state index in [1.54, 1.807) is 18.2 Å². The van der Waals surface area contributed by atoms with E-state index in [0.717, 1.165) is 48.0 Å². The minimum atomic E-state index is -5.38. The fourth-order valence-corrected chi connectivity index (χ4v) is 8.30. The second-order valence-electron chi connectivity index (χ2n) is 11.4. The monoisotopic (exact) mass is 851 g/mol. The summed E-state index contributed by atoms with van der Waals surface area (Å²) in [6.45, 7) is 1.83. The Morgan fingerprint density at radius 3 is 1.93 bits per heavy atom. The van der Waals surface area contributed by atoms with Crippen molar-refractivity contribution in [2.24, 2.45) is 10.2 Å². The molecule has 0 aliphatic carbocycles. The Kier molecular flexibility index (Phi) is 10.00. The van der Waals surface area contributed by atoms with Crippen molar-refractivity contribution in [3.05, 3.63) is 83.6 Å². The third-order valence-electron chi connectivity index (χ3n) is 7.57. The van der Waals surface area contributed by atoms with Gasteiger partial charge in [-0.25, -0.2) is 0 Å². The molecule has 0 aliphatic heterocycles. The van der Waals surface area contributed by atoms with Gasteiger partial charge in [-0.3, -0.25) is 18.2 Å². The molecule has 0 bridgehead atoms. The van der Waals surface area contributed by atoms with E-state index in [4.69, 9.17) is 11.6 Å². The van der Waals surface area contributed by atoms with Gasteiger partial charge in [0.05, 0.1) is 10.6 Å². The van der Waals surface area contributed by atoms with Crippen LogP contribution in [0, 0.1) is 6.92 Å². The Bertz CT molecular complexity index is 3090. The average molecular weight is 852 g/mol. The largest absolute Gasteiger partial charge is 0.505 e. The summed E-state index contributed by atoms with van der Waals surface area (Å²) in [5.41, 5.74) is -0.796. The van der Waals surface area contributed by atoms with E-state index in [0.29, 0.717) is 11.8 Å². The lowest BCUT2D eigenvalue weighted by atomic mass is 10.1. The van der Waals surface area contributed by atoms with Crippen molar-refractivity contribution in [2.45, 2.75) is 26.5 Å². The number of rotatable bonds is 10. The predicted octanol–water partition coefficient (Wildman–Crippen LogP) is 5.73. The Hall–Kier alpha value is -5.44. The first kappa shape index (κ1) is 39.3. The number of phenolic OH excluding ortho intramolecular Hbond substituents is 1. The van der Waals surface area contributed by atoms with Crippen LogP contribution in [0.2, 0.25) is 5.28 Å². The first-order valence-corrected chi connectivity index (χ1v) is 20.9. The van der Waals surface area contributed by atoms with Crippen molar-refractivity contribution in [3.63, 3.8) is 0 Å². The Balaban J connectivity index is 1.58. The lowest BCUT2D eigenvalue weighted by Gasteiger charge is -2.15. The Labute approximate surface area is 315 Å². The zero-order chi connectivity index (χ0) is 40.2. The number of hydrogen-bond donors (Lipinski definition) is 7. The number of fused-ring (bicyclic) bond motifs is 2. The van der Waals surface area contributed by atoms with Crippen molar-refractivity contribution in [1.82, 2.24) is 15.0 Å². The molecule has 6 aromatic rings. The summed E-state index contributed by atoms with van der Waals surface area (Å²) >= 11 is 6.12. The zero-order valence-corrected chi connectivity index (χ0v) is 31.2. The highest BCUT2D eigenvalue weighted by atomic mass is 35.5. The van der Waals surface area contributed by atoms with Gasteiger partial charge in [-0.15, -0.1) is 10.2 Å². The van der Waals surface area contributed by atoms with Gasteiger partial charge in [0.15, 0.2) is 5.75 Å². The third-order valence-corrected chi connectivity index (χ3v) is 11.3. The number of aryl methyl sites for hydroxylation is 1. The highest BCUT2D eigenvalue weighted by Gasteiger charge is 2.28. The fraction of sp³-hybridized carbons (Fsp3) is 0.0333. The molecule has 1 aromatic heterocycles. The van der Waals surface area contributed by atoms with Crippen LogP contribution in [0.15, 0.2) is 103 Å². The summed E-state index contributed by atoms with van der Waals surface area (Å²) < 4.78 is 138. The van der Waals surface area contributed by atoms with Gasteiger partial charge in [0, 0.05) is 21.8 Å². The lowest BCUT2D eigenvalue weighted by Crippen LogP contribution is -2.06. The summed E-state index contributed by atoms with van der Waals surface area (Å²) in [7, 11) is -20.6. The van der Waals surface area contributed by atoms with Crippen molar-refractivity contribution in [3.8, 4) is 5.75 Å². The number of nitrogens with one attached hydrogen (secondary N) is 2. The number of benzene rings is 5. The first-order chi connectivity index (χ1) is 25.5. The number of nitrogens with zero attached hydrogens (tertiary/aromatic N) is 5. The first-order valence-electron chi connectivity index (χ1n) is 14.7. The minimum Gasteiger partial charge on any atom is -0.505 e. The summed E-state index contributed by atoms with van der Waals surface area (Å²) in [4.78, 5) is 8.29. The molecule has 0 saturated heterocycles. The van der Waals surface area contributed by atoms with E-state index in [9.17, 15) is 57.0 Å². The molecule has 0 atom stereocenters. The topological polar surface area (TPSA) is 325 Å². The smallest absolute Gasteiger partial charge is 0.297 e. The van der Waals surface area contributed by atoms with Crippen LogP contribution in [-0.4, -0.2) is 71.9 Å². The maximum absolute atomic E-state index is 12.6. The highest BCUT2D eigenvalue weighted by Crippen LogP contribution is 2.46. The third kappa shape index (κ3) is 8.31. The maximum atomic E-state index is 12.6. The molecule has 25 heteroatoms. The Morgan fingerprint density at radius 1 is 0.655 bits per heavy atom. The van der Waals surface area contributed by atoms with Gasteiger partial charge in [0.2, 0.25) is 17.2 Å². The molecular weight excluding hydrogens is 830 g/mol. The maximum Gasteiger partial charge on any atom is 0.297 e. The number of aromatic hydroxyl groups is 1. The molecule has 0 radical (unpaired) electrons. The number of hydrogen-bond acceptors (Lipinski definition) is 16. The zero-order valence-electron chi connectivity index (χ0n) is 27.2. The van der Waals surface area contributed by atoms with Gasteiger partial charge >= 0.3 is 0 Å². The molecule has 286 valence electrons. The van der Waals surface area contributed by atoms with E-state index in [1.807, 2.05) is 13.0 Å². The molecule has 1 heterocycles. The van der Waals surface area contributed by atoms with Gasteiger partial charge in [-0.2, -0.15) is 48.6 Å². The highest BCUT2D eigenvalue weighted by molar-refractivity contribution is 7.87. The van der Waals surface area contributed by atoms with Crippen molar-refractivity contribution in [1.29, 1.82) is 0 Å². The van der Waals surface area contributed by atoms with Crippen LogP contribution in [0.3, 0.4) is 0 Å². The van der Waals surface area contributed by atoms with Crippen LogP contribution in [-0.2, 0) is 40.5 Å². The van der Waals surface area contributed by atoms with E-state index in [1.165, 1.54) is 0 Å². The minimum absolute atomic E-state index is 0.107. The standard InChI is InChI=1S/C30H22ClN7O13S4/c1-14-4-2-5-16(10-14)32-29-34-28(31)35-30(36-29)33-21-13-17(52(40,41)42)11-15-12-23(54(46,47)48)25(26(39)24(15)21)38-37-20-9-8-18-19(27(20)55(49,50)51)6-3-7-22(18)53(43,44)45/h2-13,39H,1H3,(H,40,41,42)(H,43,44,45)(H,46,47,48)(H,49,50,51)(H2,32,33,34,35,36). The van der Waals surface area contributed by atoms with Gasteiger partial charge in [0.1, 0.15) is 26.1 Å². The molecule has 20 nitrogen and oxygen atoms in total. The second-order valence-corrected chi connectivity index (χ2v) is 17.3. The van der Waals surface area contributed by atoms with Crippen molar-refractivity contribution >= 4 is 108 Å². The number of aromatic nitrogens is 3. The number of halogens is 1. The number of anilines is 4. The molecule has 0 unspecified atom stereocenters.